The molecule has 0 bridgehead atoms. The van der Waals surface area contributed by atoms with Gasteiger partial charge >= 0.3 is 17.1 Å². The molecular formula is C16H19N5O5. The van der Waals surface area contributed by atoms with Gasteiger partial charge in [-0.1, -0.05) is 0 Å². The van der Waals surface area contributed by atoms with Crippen LogP contribution in [0.25, 0.3) is 11.0 Å². The topological polar surface area (TPSA) is 132 Å². The Balaban J connectivity index is 2.17. The number of aromatic amines is 2. The summed E-state index contributed by atoms with van der Waals surface area (Å²) in [7, 11) is 0. The highest BCUT2D eigenvalue weighted by Crippen LogP contribution is 2.32. The molecule has 10 heteroatoms. The van der Waals surface area contributed by atoms with Crippen LogP contribution in [-0.4, -0.2) is 50.4 Å². The zero-order valence-corrected chi connectivity index (χ0v) is 14.5. The molecule has 0 fully saturated rings. The largest absolute Gasteiger partial charge is 0.325 e. The van der Waals surface area contributed by atoms with Crippen LogP contribution in [0, 0.1) is 10.1 Å². The molecule has 2 aromatic rings. The molecule has 0 saturated heterocycles. The summed E-state index contributed by atoms with van der Waals surface area (Å²) in [6, 6.07) is 1.10. The van der Waals surface area contributed by atoms with E-state index in [1.54, 1.807) is 9.80 Å². The van der Waals surface area contributed by atoms with Crippen molar-refractivity contribution in [3.63, 3.8) is 0 Å². The first-order valence-corrected chi connectivity index (χ1v) is 8.36. The Kier molecular flexibility index (Phi) is 4.49. The fraction of sp³-hybridized carbons (Fsp3) is 0.438. The zero-order chi connectivity index (χ0) is 19.0. The molecule has 26 heavy (non-hydrogen) atoms. The third kappa shape index (κ3) is 2.83. The lowest BCUT2D eigenvalue weighted by Crippen LogP contribution is -2.45. The Hall–Kier alpha value is -3.17. The van der Waals surface area contributed by atoms with Crippen molar-refractivity contribution >= 4 is 22.8 Å². The van der Waals surface area contributed by atoms with Crippen molar-refractivity contribution in [1.29, 1.82) is 0 Å². The summed E-state index contributed by atoms with van der Waals surface area (Å²) in [4.78, 5) is 55.0. The van der Waals surface area contributed by atoms with Crippen LogP contribution in [0.4, 0.5) is 10.5 Å². The smallest absolute Gasteiger partial charge is 0.320 e. The number of carbonyl (C=O) groups is 1. The fourth-order valence-corrected chi connectivity index (χ4v) is 3.35. The number of urea groups is 1. The van der Waals surface area contributed by atoms with Gasteiger partial charge in [0.05, 0.1) is 22.5 Å². The van der Waals surface area contributed by atoms with E-state index in [9.17, 15) is 24.5 Å². The minimum Gasteiger partial charge on any atom is -0.325 e. The molecule has 3 rings (SSSR count). The van der Waals surface area contributed by atoms with Gasteiger partial charge in [-0.25, -0.2) is 4.79 Å². The average Bonchev–Trinajstić information content (AvgIpc) is 2.62. The van der Waals surface area contributed by atoms with E-state index in [1.807, 2.05) is 13.8 Å². The minimum atomic E-state index is -0.876. The lowest BCUT2D eigenvalue weighted by Gasteiger charge is -2.33. The van der Waals surface area contributed by atoms with Crippen LogP contribution >= 0.6 is 0 Å². The van der Waals surface area contributed by atoms with E-state index in [0.29, 0.717) is 42.7 Å². The van der Waals surface area contributed by atoms with E-state index in [4.69, 9.17) is 0 Å². The highest BCUT2D eigenvalue weighted by Gasteiger charge is 2.30. The standard InChI is InChI=1S/C16H19N5O5/c1-3-19(4-2)16(24)20-6-5-9-10(8-20)13-11(7-12(9)21(25)26)17-14(22)15(23)18-13/h7H,3-6,8H2,1-2H3,(H,17,22)(H,18,23). The number of amides is 2. The first-order chi connectivity index (χ1) is 12.4. The summed E-state index contributed by atoms with van der Waals surface area (Å²) in [5.74, 6) is 0. The number of H-pyrrole nitrogens is 2. The van der Waals surface area contributed by atoms with Crippen LogP contribution < -0.4 is 11.1 Å². The molecule has 0 spiro atoms. The van der Waals surface area contributed by atoms with Crippen LogP contribution in [0.2, 0.25) is 0 Å². The lowest BCUT2D eigenvalue weighted by molar-refractivity contribution is -0.385. The number of benzene rings is 1. The molecule has 1 aliphatic rings. The van der Waals surface area contributed by atoms with Crippen LogP contribution in [0.15, 0.2) is 15.7 Å². The molecule has 1 aromatic heterocycles. The Morgan fingerprint density at radius 2 is 1.88 bits per heavy atom. The molecule has 138 valence electrons. The van der Waals surface area contributed by atoms with Gasteiger partial charge < -0.3 is 19.8 Å². The predicted molar refractivity (Wildman–Crippen MR) is 94.3 cm³/mol. The summed E-state index contributed by atoms with van der Waals surface area (Å²) < 4.78 is 0. The monoisotopic (exact) mass is 361 g/mol. The Bertz CT molecular complexity index is 1000. The molecule has 0 saturated carbocycles. The third-order valence-corrected chi connectivity index (χ3v) is 4.70. The zero-order valence-electron chi connectivity index (χ0n) is 14.5. The second kappa shape index (κ2) is 6.62. The maximum absolute atomic E-state index is 12.6. The molecule has 1 aromatic carbocycles. The maximum Gasteiger partial charge on any atom is 0.320 e. The Morgan fingerprint density at radius 3 is 2.50 bits per heavy atom. The number of fused-ring (bicyclic) bond motifs is 3. The number of nitrogens with one attached hydrogen (secondary N) is 2. The van der Waals surface area contributed by atoms with E-state index in [1.165, 1.54) is 6.07 Å². The third-order valence-electron chi connectivity index (χ3n) is 4.70. The minimum absolute atomic E-state index is 0.120. The van der Waals surface area contributed by atoms with E-state index in [0.717, 1.165) is 0 Å². The van der Waals surface area contributed by atoms with Crippen LogP contribution in [-0.2, 0) is 13.0 Å². The number of nitro groups is 1. The predicted octanol–water partition coefficient (Wildman–Crippen LogP) is 0.945. The summed E-state index contributed by atoms with van der Waals surface area (Å²) in [5, 5.41) is 11.4. The second-order valence-corrected chi connectivity index (χ2v) is 6.07. The number of aromatic nitrogens is 2. The Labute approximate surface area is 147 Å². The number of carbonyl (C=O) groups excluding carboxylic acids is 1. The number of nitro benzene ring substituents is 1. The van der Waals surface area contributed by atoms with Crippen molar-refractivity contribution in [3.05, 3.63) is 48.0 Å². The molecule has 2 amide bonds. The molecular weight excluding hydrogens is 342 g/mol. The van der Waals surface area contributed by atoms with Gasteiger partial charge in [-0.05, 0) is 20.3 Å². The van der Waals surface area contributed by atoms with Gasteiger partial charge in [0.15, 0.2) is 0 Å². The SMILES string of the molecule is CCN(CC)C(=O)N1CCc2c([N+](=O)[O-])cc3[nH]c(=O)c(=O)[nH]c3c2C1. The highest BCUT2D eigenvalue weighted by atomic mass is 16.6. The van der Waals surface area contributed by atoms with Gasteiger partial charge in [0, 0.05) is 36.8 Å². The maximum atomic E-state index is 12.6. The summed E-state index contributed by atoms with van der Waals surface area (Å²) in [6.07, 6.45) is 0.301. The fourth-order valence-electron chi connectivity index (χ4n) is 3.35. The van der Waals surface area contributed by atoms with Crippen molar-refractivity contribution in [3.8, 4) is 0 Å². The Morgan fingerprint density at radius 1 is 1.23 bits per heavy atom. The van der Waals surface area contributed by atoms with Crippen LogP contribution in [0.5, 0.6) is 0 Å². The second-order valence-electron chi connectivity index (χ2n) is 6.07. The number of hydrogen-bond donors (Lipinski definition) is 2. The normalized spacial score (nSPS) is 13.5. The highest BCUT2D eigenvalue weighted by molar-refractivity contribution is 5.84. The van der Waals surface area contributed by atoms with Gasteiger partial charge in [0.2, 0.25) is 0 Å². The molecule has 1 aliphatic heterocycles. The lowest BCUT2D eigenvalue weighted by atomic mass is 9.96. The van der Waals surface area contributed by atoms with Crippen molar-refractivity contribution in [2.24, 2.45) is 0 Å². The van der Waals surface area contributed by atoms with Crippen molar-refractivity contribution in [2.45, 2.75) is 26.8 Å². The molecule has 0 atom stereocenters. The van der Waals surface area contributed by atoms with E-state index >= 15 is 0 Å². The van der Waals surface area contributed by atoms with E-state index < -0.39 is 16.0 Å². The molecule has 10 nitrogen and oxygen atoms in total. The van der Waals surface area contributed by atoms with E-state index in [-0.39, 0.29) is 23.8 Å². The van der Waals surface area contributed by atoms with Gasteiger partial charge in [-0.2, -0.15) is 0 Å². The van der Waals surface area contributed by atoms with Gasteiger partial charge in [-0.15, -0.1) is 0 Å². The molecule has 0 radical (unpaired) electrons. The van der Waals surface area contributed by atoms with Crippen molar-refractivity contribution in [1.82, 2.24) is 19.8 Å². The number of nitrogens with zero attached hydrogens (tertiary/aromatic N) is 3. The average molecular weight is 361 g/mol. The van der Waals surface area contributed by atoms with Crippen LogP contribution in [0.1, 0.15) is 25.0 Å². The molecule has 0 aliphatic carbocycles. The van der Waals surface area contributed by atoms with Crippen LogP contribution in [0.3, 0.4) is 0 Å². The quantitative estimate of drug-likeness (QED) is 0.477. The van der Waals surface area contributed by atoms with E-state index in [2.05, 4.69) is 9.97 Å². The van der Waals surface area contributed by atoms with Crippen molar-refractivity contribution < 1.29 is 9.72 Å². The number of hydrogen-bond acceptors (Lipinski definition) is 5. The van der Waals surface area contributed by atoms with Gasteiger partial charge in [-0.3, -0.25) is 19.7 Å². The molecule has 0 unspecified atom stereocenters. The summed E-state index contributed by atoms with van der Waals surface area (Å²) in [5.41, 5.74) is -0.350. The summed E-state index contributed by atoms with van der Waals surface area (Å²) in [6.45, 7) is 5.34. The van der Waals surface area contributed by atoms with Gasteiger partial charge in [0.1, 0.15) is 0 Å². The van der Waals surface area contributed by atoms with Crippen molar-refractivity contribution in [2.75, 3.05) is 19.6 Å². The first kappa shape index (κ1) is 17.6. The molecule has 2 heterocycles. The summed E-state index contributed by atoms with van der Waals surface area (Å²) >= 11 is 0. The number of rotatable bonds is 3. The molecule has 2 N–H and O–H groups in total. The van der Waals surface area contributed by atoms with Gasteiger partial charge in [0.25, 0.3) is 5.69 Å². The first-order valence-electron chi connectivity index (χ1n) is 8.36.